The van der Waals surface area contributed by atoms with E-state index in [9.17, 15) is 0 Å². The van der Waals surface area contributed by atoms with E-state index in [0.717, 1.165) is 5.75 Å². The van der Waals surface area contributed by atoms with Gasteiger partial charge in [0.05, 0.1) is 6.10 Å². The van der Waals surface area contributed by atoms with Gasteiger partial charge in [0.25, 0.3) is 0 Å². The van der Waals surface area contributed by atoms with Crippen molar-refractivity contribution in [3.05, 3.63) is 29.8 Å². The average molecular weight is 249 g/mol. The number of ether oxygens (including phenoxy) is 1. The highest BCUT2D eigenvalue weighted by Gasteiger charge is 2.16. The van der Waals surface area contributed by atoms with Gasteiger partial charge in [-0.3, -0.25) is 0 Å². The molecule has 1 rings (SSSR count). The molecule has 2 atom stereocenters. The highest BCUT2D eigenvalue weighted by atomic mass is 16.5. The van der Waals surface area contributed by atoms with E-state index < -0.39 is 0 Å². The number of nitrogens with one attached hydrogen (secondary N) is 1. The molecule has 0 aliphatic carbocycles. The maximum absolute atomic E-state index is 5.67. The Balaban J connectivity index is 2.75. The average Bonchev–Trinajstić information content (AvgIpc) is 2.32. The van der Waals surface area contributed by atoms with Gasteiger partial charge in [0.1, 0.15) is 5.75 Å². The predicted molar refractivity (Wildman–Crippen MR) is 78.1 cm³/mol. The fourth-order valence-corrected chi connectivity index (χ4v) is 2.43. The fourth-order valence-electron chi connectivity index (χ4n) is 2.43. The first kappa shape index (κ1) is 15.0. The van der Waals surface area contributed by atoms with E-state index in [1.807, 2.05) is 20.9 Å². The summed E-state index contributed by atoms with van der Waals surface area (Å²) in [6.45, 7) is 8.65. The third-order valence-electron chi connectivity index (χ3n) is 3.24. The van der Waals surface area contributed by atoms with Crippen molar-refractivity contribution in [2.75, 3.05) is 7.05 Å². The van der Waals surface area contributed by atoms with Gasteiger partial charge < -0.3 is 10.1 Å². The Hall–Kier alpha value is -1.02. The van der Waals surface area contributed by atoms with Crippen molar-refractivity contribution in [3.8, 4) is 5.75 Å². The zero-order chi connectivity index (χ0) is 13.5. The van der Waals surface area contributed by atoms with Crippen molar-refractivity contribution in [1.29, 1.82) is 0 Å². The molecule has 1 N–H and O–H groups in total. The Morgan fingerprint density at radius 1 is 1.11 bits per heavy atom. The zero-order valence-corrected chi connectivity index (χ0v) is 12.4. The summed E-state index contributed by atoms with van der Waals surface area (Å²) in [6.07, 6.45) is 2.71. The van der Waals surface area contributed by atoms with Crippen LogP contribution in [0.1, 0.15) is 52.1 Å². The molecule has 0 aliphatic rings. The molecule has 1 aromatic rings. The van der Waals surface area contributed by atoms with Gasteiger partial charge in [0, 0.05) is 6.04 Å². The van der Waals surface area contributed by atoms with Gasteiger partial charge in [0.15, 0.2) is 0 Å². The van der Waals surface area contributed by atoms with Crippen LogP contribution in [-0.4, -0.2) is 13.2 Å². The van der Waals surface area contributed by atoms with Crippen LogP contribution in [-0.2, 0) is 0 Å². The van der Waals surface area contributed by atoms with Crippen molar-refractivity contribution in [3.63, 3.8) is 0 Å². The minimum Gasteiger partial charge on any atom is -0.491 e. The van der Waals surface area contributed by atoms with Crippen LogP contribution in [0.3, 0.4) is 0 Å². The van der Waals surface area contributed by atoms with Gasteiger partial charge in [-0.2, -0.15) is 0 Å². The van der Waals surface area contributed by atoms with Crippen LogP contribution in [0.4, 0.5) is 0 Å². The first-order valence-corrected chi connectivity index (χ1v) is 7.02. The van der Waals surface area contributed by atoms with Crippen LogP contribution in [0.25, 0.3) is 0 Å². The molecule has 0 bridgehead atoms. The standard InChI is InChI=1S/C16H27NO/c1-6-7-13(4)16(17-5)14-8-10-15(11-9-14)18-12(2)3/h8-13,16-17H,6-7H2,1-5H3. The normalized spacial score (nSPS) is 14.6. The van der Waals surface area contributed by atoms with E-state index in [1.165, 1.54) is 18.4 Å². The van der Waals surface area contributed by atoms with Crippen molar-refractivity contribution in [2.24, 2.45) is 5.92 Å². The maximum atomic E-state index is 5.67. The number of hydrogen-bond acceptors (Lipinski definition) is 2. The smallest absolute Gasteiger partial charge is 0.119 e. The number of hydrogen-bond donors (Lipinski definition) is 1. The van der Waals surface area contributed by atoms with Crippen LogP contribution in [0.5, 0.6) is 5.75 Å². The molecule has 0 spiro atoms. The Bertz CT molecular complexity index is 331. The van der Waals surface area contributed by atoms with Crippen LogP contribution in [0.15, 0.2) is 24.3 Å². The largest absolute Gasteiger partial charge is 0.491 e. The lowest BCUT2D eigenvalue weighted by Gasteiger charge is -2.24. The van der Waals surface area contributed by atoms with E-state index in [1.54, 1.807) is 0 Å². The first-order chi connectivity index (χ1) is 8.58. The highest BCUT2D eigenvalue weighted by Crippen LogP contribution is 2.26. The quantitative estimate of drug-likeness (QED) is 0.783. The second kappa shape index (κ2) is 7.42. The number of benzene rings is 1. The number of rotatable bonds is 7. The molecule has 0 aromatic heterocycles. The van der Waals surface area contributed by atoms with Gasteiger partial charge in [-0.05, 0) is 50.9 Å². The molecule has 1 aromatic carbocycles. The molecule has 0 radical (unpaired) electrons. The van der Waals surface area contributed by atoms with E-state index in [-0.39, 0.29) is 6.10 Å². The van der Waals surface area contributed by atoms with Gasteiger partial charge in [-0.15, -0.1) is 0 Å². The maximum Gasteiger partial charge on any atom is 0.119 e. The highest BCUT2D eigenvalue weighted by molar-refractivity contribution is 5.29. The summed E-state index contributed by atoms with van der Waals surface area (Å²) in [4.78, 5) is 0. The molecule has 2 unspecified atom stereocenters. The van der Waals surface area contributed by atoms with E-state index in [4.69, 9.17) is 4.74 Å². The van der Waals surface area contributed by atoms with Crippen LogP contribution < -0.4 is 10.1 Å². The van der Waals surface area contributed by atoms with Gasteiger partial charge >= 0.3 is 0 Å². The summed E-state index contributed by atoms with van der Waals surface area (Å²) < 4.78 is 5.67. The molecule has 0 heterocycles. The second-order valence-electron chi connectivity index (χ2n) is 5.27. The molecule has 0 fully saturated rings. The van der Waals surface area contributed by atoms with Crippen molar-refractivity contribution in [1.82, 2.24) is 5.32 Å². The Labute approximate surface area is 112 Å². The topological polar surface area (TPSA) is 21.3 Å². The molecule has 102 valence electrons. The van der Waals surface area contributed by atoms with Crippen molar-refractivity contribution in [2.45, 2.75) is 52.7 Å². The predicted octanol–water partition coefficient (Wildman–Crippen LogP) is 4.17. The summed E-state index contributed by atoms with van der Waals surface area (Å²) in [6, 6.07) is 8.91. The molecule has 2 heteroatoms. The Morgan fingerprint density at radius 3 is 2.17 bits per heavy atom. The molecule has 0 aliphatic heterocycles. The third kappa shape index (κ3) is 4.34. The summed E-state index contributed by atoms with van der Waals surface area (Å²) >= 11 is 0. The van der Waals surface area contributed by atoms with Crippen molar-refractivity contribution >= 4 is 0 Å². The van der Waals surface area contributed by atoms with Crippen molar-refractivity contribution < 1.29 is 4.74 Å². The SMILES string of the molecule is CCCC(C)C(NC)c1ccc(OC(C)C)cc1. The lowest BCUT2D eigenvalue weighted by Crippen LogP contribution is -2.23. The van der Waals surface area contributed by atoms with Crippen LogP contribution in [0, 0.1) is 5.92 Å². The second-order valence-corrected chi connectivity index (χ2v) is 5.27. The third-order valence-corrected chi connectivity index (χ3v) is 3.24. The molecule has 0 saturated heterocycles. The van der Waals surface area contributed by atoms with E-state index >= 15 is 0 Å². The molecular weight excluding hydrogens is 222 g/mol. The van der Waals surface area contributed by atoms with Gasteiger partial charge in [-0.25, -0.2) is 0 Å². The van der Waals surface area contributed by atoms with E-state index in [2.05, 4.69) is 43.4 Å². The van der Waals surface area contributed by atoms with Gasteiger partial charge in [0.2, 0.25) is 0 Å². The first-order valence-electron chi connectivity index (χ1n) is 7.02. The fraction of sp³-hybridized carbons (Fsp3) is 0.625. The summed E-state index contributed by atoms with van der Waals surface area (Å²) in [7, 11) is 2.04. The lowest BCUT2D eigenvalue weighted by molar-refractivity contribution is 0.242. The summed E-state index contributed by atoms with van der Waals surface area (Å²) in [5.74, 6) is 1.60. The Morgan fingerprint density at radius 2 is 1.72 bits per heavy atom. The van der Waals surface area contributed by atoms with E-state index in [0.29, 0.717) is 12.0 Å². The summed E-state index contributed by atoms with van der Waals surface area (Å²) in [5, 5.41) is 3.42. The summed E-state index contributed by atoms with van der Waals surface area (Å²) in [5.41, 5.74) is 1.34. The molecular formula is C16H27NO. The molecule has 0 amide bonds. The van der Waals surface area contributed by atoms with Gasteiger partial charge in [-0.1, -0.05) is 32.4 Å². The van der Waals surface area contributed by atoms with Crippen LogP contribution >= 0.6 is 0 Å². The zero-order valence-electron chi connectivity index (χ0n) is 12.4. The Kier molecular flexibility index (Phi) is 6.20. The molecule has 18 heavy (non-hydrogen) atoms. The lowest BCUT2D eigenvalue weighted by atomic mass is 9.91. The minimum atomic E-state index is 0.231. The monoisotopic (exact) mass is 249 g/mol. The van der Waals surface area contributed by atoms with Crippen LogP contribution in [0.2, 0.25) is 0 Å². The molecule has 0 saturated carbocycles. The minimum absolute atomic E-state index is 0.231. The molecule has 2 nitrogen and oxygen atoms in total.